The van der Waals surface area contributed by atoms with Gasteiger partial charge in [-0.15, -0.1) is 0 Å². The molecular formula is C16H18BrN3. The SMILES string of the molecule is CNCC1CCc2nc(-c3ccc(Br)cc3)ncc2C1. The van der Waals surface area contributed by atoms with E-state index in [4.69, 9.17) is 4.98 Å². The molecule has 1 aromatic heterocycles. The Balaban J connectivity index is 1.85. The van der Waals surface area contributed by atoms with Crippen LogP contribution in [0.15, 0.2) is 34.9 Å². The van der Waals surface area contributed by atoms with Gasteiger partial charge in [-0.3, -0.25) is 0 Å². The molecule has 0 amide bonds. The summed E-state index contributed by atoms with van der Waals surface area (Å²) in [5, 5.41) is 3.27. The molecule has 1 atom stereocenters. The number of benzene rings is 1. The molecule has 1 aliphatic rings. The van der Waals surface area contributed by atoms with E-state index in [1.807, 2.05) is 25.4 Å². The Morgan fingerprint density at radius 3 is 2.85 bits per heavy atom. The van der Waals surface area contributed by atoms with Crippen LogP contribution in [0.25, 0.3) is 11.4 Å². The number of aryl methyl sites for hydroxylation is 1. The molecule has 0 bridgehead atoms. The van der Waals surface area contributed by atoms with Crippen LogP contribution in [0, 0.1) is 5.92 Å². The molecule has 1 N–H and O–H groups in total. The largest absolute Gasteiger partial charge is 0.319 e. The minimum Gasteiger partial charge on any atom is -0.319 e. The van der Waals surface area contributed by atoms with E-state index in [0.717, 1.165) is 41.2 Å². The molecule has 1 unspecified atom stereocenters. The third-order valence-electron chi connectivity index (χ3n) is 3.85. The van der Waals surface area contributed by atoms with Crippen LogP contribution in [-0.2, 0) is 12.8 Å². The molecule has 2 aromatic rings. The van der Waals surface area contributed by atoms with Gasteiger partial charge in [0.2, 0.25) is 0 Å². The summed E-state index contributed by atoms with van der Waals surface area (Å²) < 4.78 is 1.08. The number of hydrogen-bond donors (Lipinski definition) is 1. The molecule has 20 heavy (non-hydrogen) atoms. The Morgan fingerprint density at radius 1 is 1.30 bits per heavy atom. The molecule has 0 spiro atoms. The molecule has 0 radical (unpaired) electrons. The highest BCUT2D eigenvalue weighted by Crippen LogP contribution is 2.26. The van der Waals surface area contributed by atoms with E-state index in [2.05, 4.69) is 38.4 Å². The molecular weight excluding hydrogens is 314 g/mol. The fraction of sp³-hybridized carbons (Fsp3) is 0.375. The minimum absolute atomic E-state index is 0.717. The van der Waals surface area contributed by atoms with Crippen molar-refractivity contribution >= 4 is 15.9 Å². The first-order valence-corrected chi connectivity index (χ1v) is 7.81. The summed E-state index contributed by atoms with van der Waals surface area (Å²) in [6.07, 6.45) is 5.39. The second-order valence-electron chi connectivity index (χ2n) is 5.34. The number of fused-ring (bicyclic) bond motifs is 1. The van der Waals surface area contributed by atoms with Crippen molar-refractivity contribution in [2.45, 2.75) is 19.3 Å². The van der Waals surface area contributed by atoms with Crippen LogP contribution in [-0.4, -0.2) is 23.6 Å². The standard InChI is InChI=1S/C16H18BrN3/c1-18-9-11-2-7-15-13(8-11)10-19-16(20-15)12-3-5-14(17)6-4-12/h3-6,10-11,18H,2,7-9H2,1H3. The van der Waals surface area contributed by atoms with Crippen LogP contribution in [0.5, 0.6) is 0 Å². The molecule has 3 rings (SSSR count). The van der Waals surface area contributed by atoms with Crippen LogP contribution in [0.3, 0.4) is 0 Å². The molecule has 0 saturated heterocycles. The summed E-state index contributed by atoms with van der Waals surface area (Å²) in [5.41, 5.74) is 3.62. The number of rotatable bonds is 3. The zero-order valence-corrected chi connectivity index (χ0v) is 13.2. The van der Waals surface area contributed by atoms with E-state index >= 15 is 0 Å². The van der Waals surface area contributed by atoms with E-state index in [9.17, 15) is 0 Å². The van der Waals surface area contributed by atoms with Crippen LogP contribution in [0.4, 0.5) is 0 Å². The molecule has 1 heterocycles. The summed E-state index contributed by atoms with van der Waals surface area (Å²) >= 11 is 3.45. The predicted molar refractivity (Wildman–Crippen MR) is 84.6 cm³/mol. The molecule has 4 heteroatoms. The van der Waals surface area contributed by atoms with E-state index < -0.39 is 0 Å². The molecule has 1 aromatic carbocycles. The van der Waals surface area contributed by atoms with E-state index in [1.165, 1.54) is 17.7 Å². The highest BCUT2D eigenvalue weighted by atomic mass is 79.9. The summed E-state index contributed by atoms with van der Waals surface area (Å²) in [7, 11) is 2.02. The van der Waals surface area contributed by atoms with Gasteiger partial charge in [0, 0.05) is 21.9 Å². The lowest BCUT2D eigenvalue weighted by molar-refractivity contribution is 0.434. The number of nitrogens with one attached hydrogen (secondary N) is 1. The van der Waals surface area contributed by atoms with Crippen molar-refractivity contribution in [1.82, 2.24) is 15.3 Å². The number of aromatic nitrogens is 2. The lowest BCUT2D eigenvalue weighted by atomic mass is 9.87. The highest BCUT2D eigenvalue weighted by molar-refractivity contribution is 9.10. The number of hydrogen-bond acceptors (Lipinski definition) is 3. The van der Waals surface area contributed by atoms with Crippen LogP contribution in [0.1, 0.15) is 17.7 Å². The van der Waals surface area contributed by atoms with Crippen molar-refractivity contribution in [2.24, 2.45) is 5.92 Å². The van der Waals surface area contributed by atoms with E-state index in [0.29, 0.717) is 0 Å². The third-order valence-corrected chi connectivity index (χ3v) is 4.38. The van der Waals surface area contributed by atoms with Crippen molar-refractivity contribution in [1.29, 1.82) is 0 Å². The lowest BCUT2D eigenvalue weighted by Crippen LogP contribution is -2.25. The number of halogens is 1. The maximum absolute atomic E-state index is 4.76. The van der Waals surface area contributed by atoms with Gasteiger partial charge in [0.05, 0.1) is 0 Å². The van der Waals surface area contributed by atoms with Gasteiger partial charge in [0.1, 0.15) is 0 Å². The first kappa shape index (κ1) is 13.7. The average molecular weight is 332 g/mol. The maximum Gasteiger partial charge on any atom is 0.159 e. The number of nitrogens with zero attached hydrogens (tertiary/aromatic N) is 2. The van der Waals surface area contributed by atoms with Crippen molar-refractivity contribution in [3.8, 4) is 11.4 Å². The Morgan fingerprint density at radius 2 is 2.10 bits per heavy atom. The molecule has 104 valence electrons. The van der Waals surface area contributed by atoms with Crippen LogP contribution < -0.4 is 5.32 Å². The fourth-order valence-corrected chi connectivity index (χ4v) is 3.05. The van der Waals surface area contributed by atoms with Gasteiger partial charge >= 0.3 is 0 Å². The predicted octanol–water partition coefficient (Wildman–Crippen LogP) is 3.23. The lowest BCUT2D eigenvalue weighted by Gasteiger charge is -2.23. The van der Waals surface area contributed by atoms with E-state index in [-0.39, 0.29) is 0 Å². The monoisotopic (exact) mass is 331 g/mol. The second-order valence-corrected chi connectivity index (χ2v) is 6.25. The molecule has 1 aliphatic carbocycles. The summed E-state index contributed by atoms with van der Waals surface area (Å²) in [4.78, 5) is 9.30. The summed E-state index contributed by atoms with van der Waals surface area (Å²) in [5.74, 6) is 1.55. The fourth-order valence-electron chi connectivity index (χ4n) is 2.78. The van der Waals surface area contributed by atoms with Crippen LogP contribution in [0.2, 0.25) is 0 Å². The molecule has 3 nitrogen and oxygen atoms in total. The quantitative estimate of drug-likeness (QED) is 0.938. The smallest absolute Gasteiger partial charge is 0.159 e. The van der Waals surface area contributed by atoms with Crippen molar-refractivity contribution < 1.29 is 0 Å². The van der Waals surface area contributed by atoms with Crippen molar-refractivity contribution in [3.05, 3.63) is 46.2 Å². The Labute approximate surface area is 128 Å². The average Bonchev–Trinajstić information content (AvgIpc) is 2.48. The van der Waals surface area contributed by atoms with Crippen molar-refractivity contribution in [3.63, 3.8) is 0 Å². The van der Waals surface area contributed by atoms with E-state index in [1.54, 1.807) is 0 Å². The highest BCUT2D eigenvalue weighted by Gasteiger charge is 2.20. The van der Waals surface area contributed by atoms with Gasteiger partial charge in [0.25, 0.3) is 0 Å². The Hall–Kier alpha value is -1.26. The second kappa shape index (κ2) is 6.02. The molecule has 0 saturated carbocycles. The van der Waals surface area contributed by atoms with Gasteiger partial charge in [0.15, 0.2) is 5.82 Å². The first-order chi connectivity index (χ1) is 9.76. The maximum atomic E-state index is 4.76. The summed E-state index contributed by atoms with van der Waals surface area (Å²) in [6.45, 7) is 1.08. The van der Waals surface area contributed by atoms with Crippen molar-refractivity contribution in [2.75, 3.05) is 13.6 Å². The minimum atomic E-state index is 0.717. The zero-order valence-electron chi connectivity index (χ0n) is 11.6. The van der Waals surface area contributed by atoms with Gasteiger partial charge < -0.3 is 5.32 Å². The molecule has 0 fully saturated rings. The summed E-state index contributed by atoms with van der Waals surface area (Å²) in [6, 6.07) is 8.17. The molecule has 0 aliphatic heterocycles. The first-order valence-electron chi connectivity index (χ1n) is 7.01. The van der Waals surface area contributed by atoms with Crippen LogP contribution >= 0.6 is 15.9 Å². The van der Waals surface area contributed by atoms with Gasteiger partial charge in [-0.2, -0.15) is 0 Å². The van der Waals surface area contributed by atoms with Gasteiger partial charge in [-0.1, -0.05) is 28.1 Å². The third kappa shape index (κ3) is 2.91. The Kier molecular flexibility index (Phi) is 4.13. The van der Waals surface area contributed by atoms with Gasteiger partial charge in [-0.05, 0) is 56.5 Å². The zero-order chi connectivity index (χ0) is 13.9. The normalized spacial score (nSPS) is 17.8. The topological polar surface area (TPSA) is 37.8 Å². The Bertz CT molecular complexity index is 595. The van der Waals surface area contributed by atoms with Gasteiger partial charge in [-0.25, -0.2) is 9.97 Å².